The zero-order valence-electron chi connectivity index (χ0n) is 9.61. The molecule has 2 rings (SSSR count). The molecule has 2 aromatic rings. The van der Waals surface area contributed by atoms with Gasteiger partial charge in [-0.05, 0) is 25.2 Å². The van der Waals surface area contributed by atoms with E-state index in [0.717, 1.165) is 10.2 Å². The maximum atomic E-state index is 13.9. The Hall–Kier alpha value is -1.20. The summed E-state index contributed by atoms with van der Waals surface area (Å²) in [4.78, 5) is 0. The topological polar surface area (TPSA) is 29.9 Å². The summed E-state index contributed by atoms with van der Waals surface area (Å²) in [5.41, 5.74) is 1.37. The molecule has 17 heavy (non-hydrogen) atoms. The number of aromatic nitrogens is 2. The molecule has 1 heterocycles. The second-order valence-corrected chi connectivity index (χ2v) is 4.63. The van der Waals surface area contributed by atoms with Gasteiger partial charge in [-0.2, -0.15) is 5.10 Å². The number of benzene rings is 1. The Balaban J connectivity index is 2.49. The van der Waals surface area contributed by atoms with E-state index in [2.05, 4.69) is 26.3 Å². The van der Waals surface area contributed by atoms with Crippen LogP contribution in [0.4, 0.5) is 4.39 Å². The Morgan fingerprint density at radius 3 is 2.71 bits per heavy atom. The van der Waals surface area contributed by atoms with Gasteiger partial charge >= 0.3 is 0 Å². The number of hydrogen-bond donors (Lipinski definition) is 1. The number of halogens is 2. The van der Waals surface area contributed by atoms with E-state index in [1.54, 1.807) is 17.8 Å². The van der Waals surface area contributed by atoms with Crippen LogP contribution in [0.5, 0.6) is 0 Å². The number of rotatable bonds is 3. The molecule has 1 aromatic carbocycles. The Kier molecular flexibility index (Phi) is 3.59. The largest absolute Gasteiger partial charge is 0.308 e. The monoisotopic (exact) mass is 297 g/mol. The lowest BCUT2D eigenvalue weighted by Crippen LogP contribution is -2.20. The number of hydrogen-bond acceptors (Lipinski definition) is 2. The van der Waals surface area contributed by atoms with Crippen molar-refractivity contribution in [3.63, 3.8) is 0 Å². The first-order valence-electron chi connectivity index (χ1n) is 5.24. The Morgan fingerprint density at radius 2 is 2.18 bits per heavy atom. The molecule has 0 amide bonds. The summed E-state index contributed by atoms with van der Waals surface area (Å²) in [6.45, 7) is 0. The highest BCUT2D eigenvalue weighted by Crippen LogP contribution is 2.29. The van der Waals surface area contributed by atoms with E-state index < -0.39 is 0 Å². The first kappa shape index (κ1) is 12.3. The molecule has 0 fully saturated rings. The fraction of sp³-hybridized carbons (Fsp3) is 0.250. The van der Waals surface area contributed by atoms with E-state index >= 15 is 0 Å². The third kappa shape index (κ3) is 2.40. The van der Waals surface area contributed by atoms with Crippen molar-refractivity contribution in [3.05, 3.63) is 52.0 Å². The van der Waals surface area contributed by atoms with Gasteiger partial charge in [0.25, 0.3) is 0 Å². The van der Waals surface area contributed by atoms with Crippen LogP contribution < -0.4 is 5.32 Å². The number of aryl methyl sites for hydroxylation is 1. The molecular weight excluding hydrogens is 285 g/mol. The molecule has 0 saturated heterocycles. The quantitative estimate of drug-likeness (QED) is 0.944. The summed E-state index contributed by atoms with van der Waals surface area (Å²) in [7, 11) is 3.63. The van der Waals surface area contributed by atoms with Crippen molar-refractivity contribution in [1.29, 1.82) is 0 Å². The van der Waals surface area contributed by atoms with Crippen molar-refractivity contribution in [2.24, 2.45) is 7.05 Å². The van der Waals surface area contributed by atoms with E-state index in [-0.39, 0.29) is 11.9 Å². The van der Waals surface area contributed by atoms with Gasteiger partial charge in [-0.3, -0.25) is 4.68 Å². The number of nitrogens with one attached hydrogen (secondary N) is 1. The first-order chi connectivity index (χ1) is 8.13. The van der Waals surface area contributed by atoms with Crippen LogP contribution in [0.25, 0.3) is 0 Å². The van der Waals surface area contributed by atoms with Crippen LogP contribution in [0.1, 0.15) is 17.3 Å². The second-order valence-electron chi connectivity index (χ2n) is 3.77. The third-order valence-corrected chi connectivity index (χ3v) is 3.30. The van der Waals surface area contributed by atoms with Crippen LogP contribution in [-0.2, 0) is 7.05 Å². The van der Waals surface area contributed by atoms with Crippen molar-refractivity contribution < 1.29 is 4.39 Å². The van der Waals surface area contributed by atoms with Crippen molar-refractivity contribution in [2.45, 2.75) is 6.04 Å². The molecule has 5 heteroatoms. The average molecular weight is 298 g/mol. The molecule has 1 unspecified atom stereocenters. The van der Waals surface area contributed by atoms with Crippen LogP contribution in [0.2, 0.25) is 0 Å². The molecule has 0 bridgehead atoms. The van der Waals surface area contributed by atoms with Crippen LogP contribution in [0.3, 0.4) is 0 Å². The van der Waals surface area contributed by atoms with Gasteiger partial charge in [-0.25, -0.2) is 4.39 Å². The molecule has 1 atom stereocenters. The smallest absolute Gasteiger partial charge is 0.129 e. The van der Waals surface area contributed by atoms with E-state index in [9.17, 15) is 4.39 Å². The van der Waals surface area contributed by atoms with E-state index in [1.165, 1.54) is 6.07 Å². The molecule has 0 spiro atoms. The predicted molar refractivity (Wildman–Crippen MR) is 68.2 cm³/mol. The molecule has 1 N–H and O–H groups in total. The molecule has 0 aliphatic rings. The summed E-state index contributed by atoms with van der Waals surface area (Å²) >= 11 is 3.38. The summed E-state index contributed by atoms with van der Waals surface area (Å²) in [6.07, 6.45) is 1.84. The van der Waals surface area contributed by atoms with Crippen LogP contribution in [-0.4, -0.2) is 16.8 Å². The number of nitrogens with zero attached hydrogens (tertiary/aromatic N) is 2. The van der Waals surface area contributed by atoms with Crippen molar-refractivity contribution >= 4 is 15.9 Å². The van der Waals surface area contributed by atoms with Gasteiger partial charge in [0, 0.05) is 23.3 Å². The van der Waals surface area contributed by atoms with Gasteiger partial charge in [0.05, 0.1) is 11.7 Å². The molecule has 0 saturated carbocycles. The molecule has 3 nitrogen and oxygen atoms in total. The highest BCUT2D eigenvalue weighted by atomic mass is 79.9. The zero-order valence-corrected chi connectivity index (χ0v) is 11.2. The minimum Gasteiger partial charge on any atom is -0.308 e. The van der Waals surface area contributed by atoms with Crippen LogP contribution in [0.15, 0.2) is 34.9 Å². The molecule has 0 aliphatic carbocycles. The Bertz CT molecular complexity index is 504. The van der Waals surface area contributed by atoms with Gasteiger partial charge < -0.3 is 5.32 Å². The molecule has 0 radical (unpaired) electrons. The maximum Gasteiger partial charge on any atom is 0.129 e. The lowest BCUT2D eigenvalue weighted by atomic mass is 10.0. The highest BCUT2D eigenvalue weighted by Gasteiger charge is 2.20. The van der Waals surface area contributed by atoms with Crippen molar-refractivity contribution in [1.82, 2.24) is 15.1 Å². The highest BCUT2D eigenvalue weighted by molar-refractivity contribution is 9.10. The van der Waals surface area contributed by atoms with Crippen molar-refractivity contribution in [2.75, 3.05) is 7.05 Å². The molecule has 0 aliphatic heterocycles. The van der Waals surface area contributed by atoms with Gasteiger partial charge in [0.15, 0.2) is 0 Å². The summed E-state index contributed by atoms with van der Waals surface area (Å²) in [5.74, 6) is -0.246. The van der Waals surface area contributed by atoms with Gasteiger partial charge in [0.1, 0.15) is 5.82 Å². The SMILES string of the molecule is CNC(c1ccn(C)n1)c1c(F)cccc1Br. The normalized spacial score (nSPS) is 12.7. The van der Waals surface area contributed by atoms with Crippen LogP contribution >= 0.6 is 15.9 Å². The third-order valence-electron chi connectivity index (χ3n) is 2.61. The lowest BCUT2D eigenvalue weighted by molar-refractivity contribution is 0.563. The van der Waals surface area contributed by atoms with Gasteiger partial charge in [-0.15, -0.1) is 0 Å². The van der Waals surface area contributed by atoms with E-state index in [1.807, 2.05) is 25.4 Å². The van der Waals surface area contributed by atoms with Gasteiger partial charge in [-0.1, -0.05) is 22.0 Å². The van der Waals surface area contributed by atoms with Crippen LogP contribution in [0, 0.1) is 5.82 Å². The first-order valence-corrected chi connectivity index (χ1v) is 6.03. The van der Waals surface area contributed by atoms with Gasteiger partial charge in [0.2, 0.25) is 0 Å². The molecule has 90 valence electrons. The summed E-state index contributed by atoms with van der Waals surface area (Å²) in [6, 6.07) is 6.57. The lowest BCUT2D eigenvalue weighted by Gasteiger charge is -2.16. The fourth-order valence-electron chi connectivity index (χ4n) is 1.81. The molecule has 1 aromatic heterocycles. The molecular formula is C12H13BrFN3. The Morgan fingerprint density at radius 1 is 1.41 bits per heavy atom. The Labute approximate surface area is 108 Å². The fourth-order valence-corrected chi connectivity index (χ4v) is 2.38. The van der Waals surface area contributed by atoms with Crippen molar-refractivity contribution in [3.8, 4) is 0 Å². The summed E-state index contributed by atoms with van der Waals surface area (Å²) < 4.78 is 16.3. The summed E-state index contributed by atoms with van der Waals surface area (Å²) in [5, 5.41) is 7.39. The minimum atomic E-state index is -0.258. The standard InChI is InChI=1S/C12H13BrFN3/c1-15-12(10-6-7-17(2)16-10)11-8(13)4-3-5-9(11)14/h3-7,12,15H,1-2H3. The predicted octanol–water partition coefficient (Wildman–Crippen LogP) is 2.63. The average Bonchev–Trinajstić information content (AvgIpc) is 2.70. The zero-order chi connectivity index (χ0) is 12.4. The second kappa shape index (κ2) is 4.98. The maximum absolute atomic E-state index is 13.9. The minimum absolute atomic E-state index is 0.246. The van der Waals surface area contributed by atoms with E-state index in [0.29, 0.717) is 5.56 Å². The van der Waals surface area contributed by atoms with E-state index in [4.69, 9.17) is 0 Å².